The largest absolute Gasteiger partial charge is 0.489 e. The first kappa shape index (κ1) is 16.3. The summed E-state index contributed by atoms with van der Waals surface area (Å²) in [6, 6.07) is 17.1. The Hall–Kier alpha value is -3.08. The van der Waals surface area contributed by atoms with Gasteiger partial charge in [-0.1, -0.05) is 48.5 Å². The van der Waals surface area contributed by atoms with Crippen LogP contribution in [0.4, 0.5) is 4.79 Å². The van der Waals surface area contributed by atoms with Crippen molar-refractivity contribution in [3.63, 3.8) is 0 Å². The van der Waals surface area contributed by atoms with Gasteiger partial charge in [0.1, 0.15) is 12.4 Å². The van der Waals surface area contributed by atoms with Gasteiger partial charge in [0.25, 0.3) is 0 Å². The number of primary amides is 1. The molecule has 118 valence electrons. The average Bonchev–Trinajstić information content (AvgIpc) is 2.58. The van der Waals surface area contributed by atoms with Crippen LogP contribution in [-0.4, -0.2) is 11.7 Å². The molecule has 0 atom stereocenters. The number of nitrogens with zero attached hydrogens (tertiary/aromatic N) is 1. The van der Waals surface area contributed by atoms with Gasteiger partial charge in [0.2, 0.25) is 0 Å². The van der Waals surface area contributed by atoms with Crippen molar-refractivity contribution in [3.05, 3.63) is 71.8 Å². The van der Waals surface area contributed by atoms with Crippen LogP contribution in [0, 0.1) is 0 Å². The molecule has 0 spiro atoms. The molecule has 0 bridgehead atoms. The first-order valence-electron chi connectivity index (χ1n) is 7.18. The lowest BCUT2D eigenvalue weighted by Crippen LogP contribution is -2.25. The van der Waals surface area contributed by atoms with Crippen LogP contribution >= 0.6 is 0 Å². The Morgan fingerprint density at radius 1 is 1.17 bits per heavy atom. The first-order valence-corrected chi connectivity index (χ1v) is 7.18. The van der Waals surface area contributed by atoms with Crippen LogP contribution in [0.3, 0.4) is 0 Å². The van der Waals surface area contributed by atoms with Gasteiger partial charge in [-0.2, -0.15) is 5.10 Å². The number of hydrazone groups is 1. The minimum atomic E-state index is -0.683. The number of hydrogen-bond acceptors (Lipinski definition) is 3. The molecule has 5 heteroatoms. The number of rotatable bonds is 6. The van der Waals surface area contributed by atoms with E-state index in [9.17, 15) is 4.79 Å². The third kappa shape index (κ3) is 6.05. The van der Waals surface area contributed by atoms with Crippen molar-refractivity contribution in [2.75, 3.05) is 0 Å². The van der Waals surface area contributed by atoms with E-state index in [1.54, 1.807) is 13.0 Å². The number of urea groups is 1. The number of nitrogens with one attached hydrogen (secondary N) is 1. The molecule has 23 heavy (non-hydrogen) atoms. The standard InChI is InChI=1S/C18H19N3O2/c1-14(20-21-18(19)22)7-8-15-9-11-17(12-10-15)23-13-16-5-3-2-4-6-16/h2-12H,13H2,1H3,(H3,19,21,22). The van der Waals surface area contributed by atoms with Gasteiger partial charge in [-0.05, 0) is 36.3 Å². The topological polar surface area (TPSA) is 76.7 Å². The van der Waals surface area contributed by atoms with E-state index in [1.807, 2.05) is 60.7 Å². The Morgan fingerprint density at radius 2 is 1.87 bits per heavy atom. The fourth-order valence-corrected chi connectivity index (χ4v) is 1.81. The van der Waals surface area contributed by atoms with Gasteiger partial charge in [0, 0.05) is 0 Å². The molecule has 2 aromatic rings. The molecule has 5 nitrogen and oxygen atoms in total. The predicted octanol–water partition coefficient (Wildman–Crippen LogP) is 3.32. The van der Waals surface area contributed by atoms with Crippen molar-refractivity contribution >= 4 is 17.8 Å². The van der Waals surface area contributed by atoms with Gasteiger partial charge >= 0.3 is 6.03 Å². The molecule has 0 fully saturated rings. The van der Waals surface area contributed by atoms with Gasteiger partial charge < -0.3 is 10.5 Å². The molecule has 0 heterocycles. The zero-order valence-corrected chi connectivity index (χ0v) is 12.9. The summed E-state index contributed by atoms with van der Waals surface area (Å²) >= 11 is 0. The highest BCUT2D eigenvalue weighted by Crippen LogP contribution is 2.15. The predicted molar refractivity (Wildman–Crippen MR) is 92.1 cm³/mol. The summed E-state index contributed by atoms with van der Waals surface area (Å²) in [5.74, 6) is 0.812. The lowest BCUT2D eigenvalue weighted by Gasteiger charge is -2.06. The molecule has 2 rings (SSSR count). The van der Waals surface area contributed by atoms with Gasteiger partial charge in [0.05, 0.1) is 5.71 Å². The molecule has 0 saturated carbocycles. The van der Waals surface area contributed by atoms with Crippen molar-refractivity contribution in [3.8, 4) is 5.75 Å². The van der Waals surface area contributed by atoms with Crippen LogP contribution in [0.25, 0.3) is 6.08 Å². The Balaban J connectivity index is 1.89. The molecular formula is C18H19N3O2. The molecule has 0 radical (unpaired) electrons. The minimum absolute atomic E-state index is 0.542. The van der Waals surface area contributed by atoms with E-state index in [4.69, 9.17) is 10.5 Å². The molecule has 0 unspecified atom stereocenters. The van der Waals surface area contributed by atoms with Crippen molar-refractivity contribution < 1.29 is 9.53 Å². The van der Waals surface area contributed by atoms with Gasteiger partial charge in [-0.3, -0.25) is 0 Å². The molecule has 0 aliphatic carbocycles. The van der Waals surface area contributed by atoms with E-state index >= 15 is 0 Å². The third-order valence-electron chi connectivity index (χ3n) is 2.99. The molecule has 2 aromatic carbocycles. The minimum Gasteiger partial charge on any atom is -0.489 e. The van der Waals surface area contributed by atoms with Gasteiger partial charge in [-0.15, -0.1) is 0 Å². The maximum Gasteiger partial charge on any atom is 0.332 e. The normalized spacial score (nSPS) is 11.4. The molecule has 0 aliphatic heterocycles. The summed E-state index contributed by atoms with van der Waals surface area (Å²) < 4.78 is 5.73. The Morgan fingerprint density at radius 3 is 2.52 bits per heavy atom. The zero-order chi connectivity index (χ0) is 16.5. The molecule has 2 amide bonds. The fraction of sp³-hybridized carbons (Fsp3) is 0.111. The molecular weight excluding hydrogens is 290 g/mol. The Labute approximate surface area is 135 Å². The average molecular weight is 309 g/mol. The second-order valence-corrected chi connectivity index (χ2v) is 4.91. The van der Waals surface area contributed by atoms with Crippen molar-refractivity contribution in [2.24, 2.45) is 10.8 Å². The van der Waals surface area contributed by atoms with Crippen molar-refractivity contribution in [2.45, 2.75) is 13.5 Å². The van der Waals surface area contributed by atoms with E-state index < -0.39 is 6.03 Å². The van der Waals surface area contributed by atoms with Crippen LogP contribution in [0.5, 0.6) is 5.75 Å². The number of benzene rings is 2. The summed E-state index contributed by atoms with van der Waals surface area (Å²) in [6.45, 7) is 2.31. The maximum absolute atomic E-state index is 10.5. The Bertz CT molecular complexity index is 692. The molecule has 0 aliphatic rings. The van der Waals surface area contributed by atoms with Crippen LogP contribution in [-0.2, 0) is 6.61 Å². The highest BCUT2D eigenvalue weighted by molar-refractivity contribution is 5.96. The van der Waals surface area contributed by atoms with Crippen LogP contribution in [0.15, 0.2) is 65.8 Å². The number of carbonyl (C=O) groups is 1. The Kier molecular flexibility index (Phi) is 5.94. The lowest BCUT2D eigenvalue weighted by atomic mass is 10.2. The van der Waals surface area contributed by atoms with Crippen LogP contribution in [0.1, 0.15) is 18.1 Å². The monoisotopic (exact) mass is 309 g/mol. The van der Waals surface area contributed by atoms with E-state index in [2.05, 4.69) is 10.5 Å². The van der Waals surface area contributed by atoms with Crippen LogP contribution in [0.2, 0.25) is 0 Å². The number of allylic oxidation sites excluding steroid dienone is 1. The number of ether oxygens (including phenoxy) is 1. The van der Waals surface area contributed by atoms with E-state index in [0.29, 0.717) is 12.3 Å². The molecule has 0 aromatic heterocycles. The van der Waals surface area contributed by atoms with E-state index in [1.165, 1.54) is 0 Å². The molecule has 3 N–H and O–H groups in total. The smallest absolute Gasteiger partial charge is 0.332 e. The lowest BCUT2D eigenvalue weighted by molar-refractivity contribution is 0.249. The second-order valence-electron chi connectivity index (χ2n) is 4.91. The highest BCUT2D eigenvalue weighted by atomic mass is 16.5. The highest BCUT2D eigenvalue weighted by Gasteiger charge is 1.96. The van der Waals surface area contributed by atoms with Crippen LogP contribution < -0.4 is 15.9 Å². The fourth-order valence-electron chi connectivity index (χ4n) is 1.81. The zero-order valence-electron chi connectivity index (χ0n) is 12.9. The number of nitrogens with two attached hydrogens (primary N) is 1. The number of amides is 2. The summed E-state index contributed by atoms with van der Waals surface area (Å²) in [4.78, 5) is 10.5. The maximum atomic E-state index is 10.5. The summed E-state index contributed by atoms with van der Waals surface area (Å²) in [7, 11) is 0. The SMILES string of the molecule is CC(C=Cc1ccc(OCc2ccccc2)cc1)=NNC(N)=O. The number of carbonyl (C=O) groups excluding carboxylic acids is 1. The third-order valence-corrected chi connectivity index (χ3v) is 2.99. The van der Waals surface area contributed by atoms with E-state index in [0.717, 1.165) is 16.9 Å². The molecule has 0 saturated heterocycles. The summed E-state index contributed by atoms with van der Waals surface area (Å²) in [6.07, 6.45) is 3.68. The first-order chi connectivity index (χ1) is 11.1. The quantitative estimate of drug-likeness (QED) is 0.634. The van der Waals surface area contributed by atoms with Gasteiger partial charge in [-0.25, -0.2) is 10.2 Å². The van der Waals surface area contributed by atoms with Gasteiger partial charge in [0.15, 0.2) is 0 Å². The van der Waals surface area contributed by atoms with Crippen molar-refractivity contribution in [1.82, 2.24) is 5.43 Å². The second kappa shape index (κ2) is 8.38. The van der Waals surface area contributed by atoms with E-state index in [-0.39, 0.29) is 0 Å². The number of hydrogen-bond donors (Lipinski definition) is 2. The summed E-state index contributed by atoms with van der Waals surface area (Å²) in [5.41, 5.74) is 9.90. The summed E-state index contributed by atoms with van der Waals surface area (Å²) in [5, 5.41) is 3.80. The van der Waals surface area contributed by atoms with Crippen molar-refractivity contribution in [1.29, 1.82) is 0 Å².